The molecule has 1 N–H and O–H groups in total. The highest BCUT2D eigenvalue weighted by Gasteiger charge is 2.08. The van der Waals surface area contributed by atoms with Crippen LogP contribution in [-0.2, 0) is 6.54 Å². The molecule has 5 heteroatoms. The summed E-state index contributed by atoms with van der Waals surface area (Å²) in [6.45, 7) is 2.34. The van der Waals surface area contributed by atoms with Crippen LogP contribution in [0.4, 0.5) is 0 Å². The predicted octanol–water partition coefficient (Wildman–Crippen LogP) is 1.56. The van der Waals surface area contributed by atoms with E-state index in [9.17, 15) is 9.59 Å². The van der Waals surface area contributed by atoms with Crippen LogP contribution in [0.5, 0.6) is 0 Å². The average Bonchev–Trinajstić information content (AvgIpc) is 2.35. The van der Waals surface area contributed by atoms with Crippen LogP contribution in [0, 0.1) is 5.92 Å². The first-order valence-electron chi connectivity index (χ1n) is 5.41. The SMILES string of the molecule is CC(CCl)Cn1[nH]c(=O)c2ccccc2c1=O. The Labute approximate surface area is 103 Å². The van der Waals surface area contributed by atoms with E-state index in [1.54, 1.807) is 24.3 Å². The maximum absolute atomic E-state index is 12.1. The van der Waals surface area contributed by atoms with Crippen molar-refractivity contribution >= 4 is 22.4 Å². The first-order valence-corrected chi connectivity index (χ1v) is 5.94. The second kappa shape index (κ2) is 4.75. The van der Waals surface area contributed by atoms with Crippen molar-refractivity contribution in [2.75, 3.05) is 5.88 Å². The second-order valence-electron chi connectivity index (χ2n) is 4.16. The van der Waals surface area contributed by atoms with Crippen molar-refractivity contribution in [3.63, 3.8) is 0 Å². The lowest BCUT2D eigenvalue weighted by Gasteiger charge is -2.10. The van der Waals surface area contributed by atoms with Gasteiger partial charge in [0.2, 0.25) is 0 Å². The third-order valence-corrected chi connectivity index (χ3v) is 3.17. The van der Waals surface area contributed by atoms with Crippen molar-refractivity contribution < 1.29 is 0 Å². The van der Waals surface area contributed by atoms with Crippen LogP contribution in [0.3, 0.4) is 0 Å². The van der Waals surface area contributed by atoms with E-state index in [-0.39, 0.29) is 17.0 Å². The fourth-order valence-corrected chi connectivity index (χ4v) is 1.83. The summed E-state index contributed by atoms with van der Waals surface area (Å²) < 4.78 is 1.33. The van der Waals surface area contributed by atoms with Crippen LogP contribution in [-0.4, -0.2) is 15.7 Å². The van der Waals surface area contributed by atoms with Crippen molar-refractivity contribution in [3.8, 4) is 0 Å². The van der Waals surface area contributed by atoms with Gasteiger partial charge in [-0.15, -0.1) is 11.6 Å². The van der Waals surface area contributed by atoms with Crippen LogP contribution >= 0.6 is 11.6 Å². The molecule has 0 saturated heterocycles. The van der Waals surface area contributed by atoms with Crippen LogP contribution in [0.2, 0.25) is 0 Å². The molecule has 0 fully saturated rings. The number of halogens is 1. The second-order valence-corrected chi connectivity index (χ2v) is 4.47. The molecule has 0 radical (unpaired) electrons. The lowest BCUT2D eigenvalue weighted by atomic mass is 10.2. The summed E-state index contributed by atoms with van der Waals surface area (Å²) in [5, 5.41) is 3.44. The summed E-state index contributed by atoms with van der Waals surface area (Å²) in [5.41, 5.74) is -0.431. The standard InChI is InChI=1S/C12H13ClN2O2/c1-8(6-13)7-15-12(17)10-5-3-2-4-9(10)11(16)14-15/h2-5,8H,6-7H2,1H3,(H,14,16). The van der Waals surface area contributed by atoms with Gasteiger partial charge < -0.3 is 0 Å². The Hall–Kier alpha value is -1.55. The molecule has 0 aliphatic carbocycles. The summed E-state index contributed by atoms with van der Waals surface area (Å²) in [4.78, 5) is 23.9. The first kappa shape index (κ1) is 11.9. The molecule has 0 bridgehead atoms. The third-order valence-electron chi connectivity index (χ3n) is 2.64. The van der Waals surface area contributed by atoms with Crippen LogP contribution in [0.15, 0.2) is 33.9 Å². The number of alkyl halides is 1. The number of nitrogens with zero attached hydrogens (tertiary/aromatic N) is 1. The highest BCUT2D eigenvalue weighted by atomic mass is 35.5. The number of rotatable bonds is 3. The molecule has 0 aliphatic heterocycles. The largest absolute Gasteiger partial charge is 0.273 e. The quantitative estimate of drug-likeness (QED) is 0.843. The van der Waals surface area contributed by atoms with Gasteiger partial charge >= 0.3 is 0 Å². The highest BCUT2D eigenvalue weighted by molar-refractivity contribution is 6.18. The minimum atomic E-state index is -0.248. The minimum Gasteiger partial charge on any atom is -0.267 e. The summed E-state index contributed by atoms with van der Waals surface area (Å²) in [6, 6.07) is 6.79. The summed E-state index contributed by atoms with van der Waals surface area (Å²) in [7, 11) is 0. The fourth-order valence-electron chi connectivity index (χ4n) is 1.74. The van der Waals surface area contributed by atoms with Gasteiger partial charge in [-0.1, -0.05) is 19.1 Å². The molecule has 4 nitrogen and oxygen atoms in total. The normalized spacial score (nSPS) is 12.8. The van der Waals surface area contributed by atoms with Crippen molar-refractivity contribution in [1.29, 1.82) is 0 Å². The topological polar surface area (TPSA) is 54.9 Å². The zero-order valence-corrected chi connectivity index (χ0v) is 10.2. The van der Waals surface area contributed by atoms with Gasteiger partial charge in [-0.2, -0.15) is 0 Å². The molecule has 0 saturated carbocycles. The van der Waals surface area contributed by atoms with Gasteiger partial charge in [-0.25, -0.2) is 4.68 Å². The van der Waals surface area contributed by atoms with E-state index in [4.69, 9.17) is 11.6 Å². The summed E-state index contributed by atoms with van der Waals surface area (Å²) in [6.07, 6.45) is 0. The third kappa shape index (κ3) is 2.26. The maximum Gasteiger partial charge on any atom is 0.273 e. The number of hydrogen-bond donors (Lipinski definition) is 1. The van der Waals surface area contributed by atoms with E-state index < -0.39 is 0 Å². The van der Waals surface area contributed by atoms with Gasteiger partial charge in [0, 0.05) is 12.4 Å². The van der Waals surface area contributed by atoms with Crippen LogP contribution < -0.4 is 11.1 Å². The Balaban J connectivity index is 2.63. The summed E-state index contributed by atoms with van der Waals surface area (Å²) >= 11 is 5.70. The lowest BCUT2D eigenvalue weighted by molar-refractivity contribution is 0.467. The van der Waals surface area contributed by atoms with Gasteiger partial charge in [0.25, 0.3) is 11.1 Å². The Morgan fingerprint density at radius 3 is 2.59 bits per heavy atom. The number of benzene rings is 1. The number of hydrogen-bond acceptors (Lipinski definition) is 2. The van der Waals surface area contributed by atoms with E-state index in [0.717, 1.165) is 0 Å². The van der Waals surface area contributed by atoms with Gasteiger partial charge in [0.1, 0.15) is 0 Å². The monoisotopic (exact) mass is 252 g/mol. The van der Waals surface area contributed by atoms with Gasteiger partial charge in [0.05, 0.1) is 10.8 Å². The summed E-state index contributed by atoms with van der Waals surface area (Å²) in [5.74, 6) is 0.576. The van der Waals surface area contributed by atoms with Gasteiger partial charge in [-0.3, -0.25) is 14.7 Å². The molecule has 0 amide bonds. The number of fused-ring (bicyclic) bond motifs is 1. The van der Waals surface area contributed by atoms with Crippen molar-refractivity contribution in [3.05, 3.63) is 45.0 Å². The lowest BCUT2D eigenvalue weighted by Crippen LogP contribution is -2.31. The van der Waals surface area contributed by atoms with Crippen LogP contribution in [0.1, 0.15) is 6.92 Å². The molecular formula is C12H13ClN2O2. The van der Waals surface area contributed by atoms with Crippen molar-refractivity contribution in [1.82, 2.24) is 9.78 Å². The minimum absolute atomic E-state index is 0.131. The molecule has 2 rings (SSSR count). The van der Waals surface area contributed by atoms with Crippen molar-refractivity contribution in [2.24, 2.45) is 5.92 Å². The molecular weight excluding hydrogens is 240 g/mol. The Kier molecular flexibility index (Phi) is 3.33. The Morgan fingerprint density at radius 2 is 1.94 bits per heavy atom. The number of nitrogens with one attached hydrogen (secondary N) is 1. The number of aromatic nitrogens is 2. The average molecular weight is 253 g/mol. The molecule has 0 aliphatic rings. The van der Waals surface area contributed by atoms with E-state index in [1.165, 1.54) is 4.68 Å². The molecule has 1 aromatic carbocycles. The molecule has 17 heavy (non-hydrogen) atoms. The Bertz CT molecular complexity index is 645. The molecule has 1 unspecified atom stereocenters. The molecule has 2 aromatic rings. The van der Waals surface area contributed by atoms with E-state index in [2.05, 4.69) is 5.10 Å². The van der Waals surface area contributed by atoms with Gasteiger partial charge in [-0.05, 0) is 18.1 Å². The maximum atomic E-state index is 12.1. The van der Waals surface area contributed by atoms with Crippen LogP contribution in [0.25, 0.3) is 10.8 Å². The number of H-pyrrole nitrogens is 1. The smallest absolute Gasteiger partial charge is 0.267 e. The molecule has 1 heterocycles. The zero-order chi connectivity index (χ0) is 12.4. The van der Waals surface area contributed by atoms with E-state index in [1.807, 2.05) is 6.92 Å². The zero-order valence-electron chi connectivity index (χ0n) is 9.44. The molecule has 1 atom stereocenters. The molecule has 1 aromatic heterocycles. The fraction of sp³-hybridized carbons (Fsp3) is 0.333. The predicted molar refractivity (Wildman–Crippen MR) is 68.7 cm³/mol. The van der Waals surface area contributed by atoms with Gasteiger partial charge in [0.15, 0.2) is 0 Å². The molecule has 0 spiro atoms. The van der Waals surface area contributed by atoms with E-state index in [0.29, 0.717) is 23.2 Å². The van der Waals surface area contributed by atoms with E-state index >= 15 is 0 Å². The first-order chi connectivity index (χ1) is 8.13. The van der Waals surface area contributed by atoms with Crippen molar-refractivity contribution in [2.45, 2.75) is 13.5 Å². The highest BCUT2D eigenvalue weighted by Crippen LogP contribution is 2.04. The molecule has 90 valence electrons. The Morgan fingerprint density at radius 1 is 1.29 bits per heavy atom. The number of aromatic amines is 1.